The van der Waals surface area contributed by atoms with Gasteiger partial charge < -0.3 is 20.0 Å². The Morgan fingerprint density at radius 3 is 2.22 bits per heavy atom. The van der Waals surface area contributed by atoms with E-state index in [1.165, 1.54) is 29.2 Å². The number of aromatic hydroxyl groups is 1. The first-order chi connectivity index (χ1) is 15.1. The predicted molar refractivity (Wildman–Crippen MR) is 111 cm³/mol. The molecule has 2 aromatic carbocycles. The summed E-state index contributed by atoms with van der Waals surface area (Å²) in [5.41, 5.74) is 1.81. The zero-order valence-corrected chi connectivity index (χ0v) is 17.3. The van der Waals surface area contributed by atoms with Crippen molar-refractivity contribution in [1.29, 1.82) is 0 Å². The number of nitro benzene ring substituents is 1. The van der Waals surface area contributed by atoms with E-state index in [4.69, 9.17) is 5.11 Å². The summed E-state index contributed by atoms with van der Waals surface area (Å²) in [5, 5.41) is 29.7. The Balaban J connectivity index is 1.80. The summed E-state index contributed by atoms with van der Waals surface area (Å²) in [4.78, 5) is 38.2. The third-order valence-corrected chi connectivity index (χ3v) is 6.02. The number of nitrogens with zero attached hydrogens (tertiary/aromatic N) is 3. The molecule has 2 aromatic rings. The summed E-state index contributed by atoms with van der Waals surface area (Å²) in [6.45, 7) is 0.484. The van der Waals surface area contributed by atoms with Crippen molar-refractivity contribution >= 4 is 33.4 Å². The molecular formula is C18H19N5O8S. The molecule has 0 spiro atoms. The molecule has 1 fully saturated rings. The second-order valence-corrected chi connectivity index (χ2v) is 8.45. The maximum atomic E-state index is 12.6. The van der Waals surface area contributed by atoms with Gasteiger partial charge in [-0.1, -0.05) is 0 Å². The average Bonchev–Trinajstić information content (AvgIpc) is 2.77. The molecule has 0 atom stereocenters. The molecule has 1 saturated heterocycles. The first kappa shape index (κ1) is 22.8. The molecule has 0 saturated carbocycles. The van der Waals surface area contributed by atoms with Gasteiger partial charge >= 0.3 is 6.09 Å². The van der Waals surface area contributed by atoms with Gasteiger partial charge in [0.05, 0.1) is 9.82 Å². The number of anilines is 1. The molecule has 32 heavy (non-hydrogen) atoms. The second-order valence-electron chi connectivity index (χ2n) is 6.77. The van der Waals surface area contributed by atoms with Gasteiger partial charge in [0.25, 0.3) is 21.6 Å². The number of nitro groups is 1. The SMILES string of the molecule is O=C(NNS(=O)(=O)c1ccc([N+](=O)[O-])c(N2CCN(C(=O)O)CC2)c1)c1ccc(O)cc1. The van der Waals surface area contributed by atoms with Crippen LogP contribution in [0.3, 0.4) is 0 Å². The molecule has 1 aliphatic rings. The highest BCUT2D eigenvalue weighted by molar-refractivity contribution is 7.89. The average molecular weight is 465 g/mol. The fourth-order valence-electron chi connectivity index (χ4n) is 3.07. The number of hydrogen-bond donors (Lipinski definition) is 4. The van der Waals surface area contributed by atoms with Crippen LogP contribution >= 0.6 is 0 Å². The number of piperazine rings is 1. The molecular weight excluding hydrogens is 446 g/mol. The summed E-state index contributed by atoms with van der Waals surface area (Å²) < 4.78 is 25.3. The Hall–Kier alpha value is -3.91. The van der Waals surface area contributed by atoms with Crippen molar-refractivity contribution in [3.63, 3.8) is 0 Å². The predicted octanol–water partition coefficient (Wildman–Crippen LogP) is 0.724. The van der Waals surface area contributed by atoms with Crippen molar-refractivity contribution in [3.05, 3.63) is 58.1 Å². The topological polar surface area (TPSA) is 182 Å². The minimum absolute atomic E-state index is 0.0211. The number of carboxylic acid groups (broad SMARTS) is 1. The molecule has 170 valence electrons. The lowest BCUT2D eigenvalue weighted by Gasteiger charge is -2.34. The van der Waals surface area contributed by atoms with Crippen LogP contribution in [0.4, 0.5) is 16.2 Å². The Morgan fingerprint density at radius 1 is 1.03 bits per heavy atom. The standard InChI is InChI=1S/C18H19N5O8S/c24-13-3-1-12(2-4-13)17(25)19-20-32(30,31)14-5-6-15(23(28)29)16(11-14)21-7-9-22(10-8-21)18(26)27/h1-6,11,20,24H,7-10H2,(H,19,25)(H,26,27). The number of hydrogen-bond acceptors (Lipinski definition) is 8. The number of amides is 2. The monoisotopic (exact) mass is 465 g/mol. The smallest absolute Gasteiger partial charge is 0.407 e. The van der Waals surface area contributed by atoms with Gasteiger partial charge in [0, 0.05) is 37.8 Å². The third-order valence-electron chi connectivity index (χ3n) is 4.77. The van der Waals surface area contributed by atoms with Crippen molar-refractivity contribution in [3.8, 4) is 5.75 Å². The van der Waals surface area contributed by atoms with Crippen molar-refractivity contribution in [2.24, 2.45) is 0 Å². The molecule has 4 N–H and O–H groups in total. The highest BCUT2D eigenvalue weighted by atomic mass is 32.2. The second kappa shape index (κ2) is 9.07. The van der Waals surface area contributed by atoms with E-state index in [1.54, 1.807) is 0 Å². The first-order valence-electron chi connectivity index (χ1n) is 9.21. The van der Waals surface area contributed by atoms with Gasteiger partial charge in [-0.2, -0.15) is 0 Å². The Labute approximate surface area is 182 Å². The lowest BCUT2D eigenvalue weighted by atomic mass is 10.2. The molecule has 3 rings (SSSR count). The van der Waals surface area contributed by atoms with Gasteiger partial charge in [0.15, 0.2) is 0 Å². The molecule has 2 amide bonds. The minimum atomic E-state index is -4.28. The van der Waals surface area contributed by atoms with Crippen LogP contribution in [-0.4, -0.2) is 66.6 Å². The van der Waals surface area contributed by atoms with Gasteiger partial charge in [-0.3, -0.25) is 20.3 Å². The number of carbonyl (C=O) groups excluding carboxylic acids is 1. The summed E-state index contributed by atoms with van der Waals surface area (Å²) in [6, 6.07) is 8.27. The van der Waals surface area contributed by atoms with Crippen LogP contribution in [0.15, 0.2) is 47.4 Å². The van der Waals surface area contributed by atoms with E-state index in [9.17, 15) is 33.2 Å². The fourth-order valence-corrected chi connectivity index (χ4v) is 3.93. The van der Waals surface area contributed by atoms with E-state index in [0.717, 1.165) is 23.1 Å². The van der Waals surface area contributed by atoms with Crippen LogP contribution in [0.1, 0.15) is 10.4 Å². The molecule has 0 aromatic heterocycles. The molecule has 0 bridgehead atoms. The van der Waals surface area contributed by atoms with Gasteiger partial charge in [-0.25, -0.2) is 13.2 Å². The van der Waals surface area contributed by atoms with Crippen LogP contribution in [0.25, 0.3) is 0 Å². The van der Waals surface area contributed by atoms with Crippen LogP contribution in [0, 0.1) is 10.1 Å². The first-order valence-corrected chi connectivity index (χ1v) is 10.7. The highest BCUT2D eigenvalue weighted by Crippen LogP contribution is 2.31. The van der Waals surface area contributed by atoms with Crippen LogP contribution in [-0.2, 0) is 10.0 Å². The highest BCUT2D eigenvalue weighted by Gasteiger charge is 2.28. The van der Waals surface area contributed by atoms with Crippen LogP contribution < -0.4 is 15.2 Å². The quantitative estimate of drug-likeness (QED) is 0.353. The molecule has 0 radical (unpaired) electrons. The van der Waals surface area contributed by atoms with E-state index in [2.05, 4.69) is 0 Å². The molecule has 14 heteroatoms. The Kier molecular flexibility index (Phi) is 6.45. The number of phenols is 1. The number of hydrazine groups is 1. The van der Waals surface area contributed by atoms with E-state index in [-0.39, 0.29) is 53.8 Å². The van der Waals surface area contributed by atoms with E-state index < -0.39 is 26.9 Å². The van der Waals surface area contributed by atoms with Crippen molar-refractivity contribution in [1.82, 2.24) is 15.2 Å². The largest absolute Gasteiger partial charge is 0.508 e. The van der Waals surface area contributed by atoms with E-state index in [0.29, 0.717) is 0 Å². The van der Waals surface area contributed by atoms with Crippen molar-refractivity contribution in [2.45, 2.75) is 4.90 Å². The number of rotatable bonds is 6. The van der Waals surface area contributed by atoms with E-state index in [1.807, 2.05) is 10.3 Å². The third kappa shape index (κ3) is 5.04. The number of sulfonamides is 1. The van der Waals surface area contributed by atoms with Gasteiger partial charge in [0.2, 0.25) is 0 Å². The Bertz CT molecular complexity index is 1140. The number of phenolic OH excluding ortho intramolecular Hbond substituents is 1. The summed E-state index contributed by atoms with van der Waals surface area (Å²) in [7, 11) is -4.28. The zero-order valence-electron chi connectivity index (χ0n) is 16.5. The molecule has 0 unspecified atom stereocenters. The van der Waals surface area contributed by atoms with Crippen molar-refractivity contribution < 1.29 is 33.1 Å². The van der Waals surface area contributed by atoms with Crippen LogP contribution in [0.5, 0.6) is 5.75 Å². The van der Waals surface area contributed by atoms with E-state index >= 15 is 0 Å². The fraction of sp³-hybridized carbons (Fsp3) is 0.222. The number of benzene rings is 2. The zero-order chi connectivity index (χ0) is 23.5. The minimum Gasteiger partial charge on any atom is -0.508 e. The molecule has 0 aliphatic carbocycles. The van der Waals surface area contributed by atoms with Gasteiger partial charge in [-0.05, 0) is 36.4 Å². The van der Waals surface area contributed by atoms with Gasteiger partial charge in [0.1, 0.15) is 11.4 Å². The number of nitrogens with one attached hydrogen (secondary N) is 2. The molecule has 1 aliphatic heterocycles. The summed E-state index contributed by atoms with van der Waals surface area (Å²) in [5.74, 6) is -0.842. The number of carbonyl (C=O) groups is 2. The lowest BCUT2D eigenvalue weighted by Crippen LogP contribution is -2.48. The summed E-state index contributed by atoms with van der Waals surface area (Å²) in [6.07, 6.45) is -1.11. The molecule has 13 nitrogen and oxygen atoms in total. The maximum absolute atomic E-state index is 12.6. The normalized spacial score (nSPS) is 14.1. The summed E-state index contributed by atoms with van der Waals surface area (Å²) >= 11 is 0. The van der Waals surface area contributed by atoms with Crippen LogP contribution in [0.2, 0.25) is 0 Å². The maximum Gasteiger partial charge on any atom is 0.407 e. The molecule has 1 heterocycles. The lowest BCUT2D eigenvalue weighted by molar-refractivity contribution is -0.384. The Morgan fingerprint density at radius 2 is 1.66 bits per heavy atom. The van der Waals surface area contributed by atoms with Crippen molar-refractivity contribution in [2.75, 3.05) is 31.1 Å². The van der Waals surface area contributed by atoms with Gasteiger partial charge in [-0.15, -0.1) is 4.83 Å².